The number of hydrogen-bond acceptors (Lipinski definition) is 5. The van der Waals surface area contributed by atoms with Gasteiger partial charge in [-0.2, -0.15) is 0 Å². The van der Waals surface area contributed by atoms with E-state index >= 15 is 0 Å². The number of carbonyl (C=O) groups is 2. The maximum absolute atomic E-state index is 12.4. The van der Waals surface area contributed by atoms with E-state index in [1.54, 1.807) is 29.5 Å². The number of thiophene rings is 1. The Balaban J connectivity index is 0.00000261. The average molecular weight is 430 g/mol. The lowest BCUT2D eigenvalue weighted by molar-refractivity contribution is -0.123. The lowest BCUT2D eigenvalue weighted by Gasteiger charge is -2.29. The van der Waals surface area contributed by atoms with Crippen molar-refractivity contribution in [3.05, 3.63) is 51.2 Å². The van der Waals surface area contributed by atoms with Crippen LogP contribution in [0.4, 0.5) is 5.69 Å². The van der Waals surface area contributed by atoms with E-state index in [4.69, 9.17) is 16.3 Å². The number of benzene rings is 1. The molecule has 9 heteroatoms. The Morgan fingerprint density at radius 1 is 1.37 bits per heavy atom. The Hall–Kier alpha value is -1.64. The molecule has 0 bridgehead atoms. The summed E-state index contributed by atoms with van der Waals surface area (Å²) in [5.74, 6) is -0.489. The zero-order valence-corrected chi connectivity index (χ0v) is 17.0. The van der Waals surface area contributed by atoms with Crippen molar-refractivity contribution in [2.75, 3.05) is 18.5 Å². The first-order chi connectivity index (χ1) is 12.5. The molecule has 2 atom stereocenters. The van der Waals surface area contributed by atoms with E-state index in [1.807, 2.05) is 24.4 Å². The summed E-state index contributed by atoms with van der Waals surface area (Å²) in [7, 11) is 0. The van der Waals surface area contributed by atoms with Crippen LogP contribution < -0.4 is 16.0 Å². The summed E-state index contributed by atoms with van der Waals surface area (Å²) in [4.78, 5) is 25.9. The molecule has 146 valence electrons. The highest BCUT2D eigenvalue weighted by atomic mass is 35.5. The molecular formula is C18H21Cl2N3O3S. The molecule has 0 saturated carbocycles. The van der Waals surface area contributed by atoms with Crippen LogP contribution >= 0.6 is 35.3 Å². The van der Waals surface area contributed by atoms with Gasteiger partial charge in [0.2, 0.25) is 5.91 Å². The second-order valence-electron chi connectivity index (χ2n) is 5.95. The van der Waals surface area contributed by atoms with Gasteiger partial charge in [0, 0.05) is 17.1 Å². The van der Waals surface area contributed by atoms with Crippen LogP contribution in [-0.2, 0) is 16.1 Å². The third kappa shape index (κ3) is 5.67. The van der Waals surface area contributed by atoms with Crippen LogP contribution in [0.1, 0.15) is 22.2 Å². The molecule has 1 saturated heterocycles. The molecule has 2 aromatic rings. The number of anilines is 1. The first-order valence-corrected chi connectivity index (χ1v) is 9.56. The van der Waals surface area contributed by atoms with E-state index in [9.17, 15) is 9.59 Å². The molecule has 2 amide bonds. The van der Waals surface area contributed by atoms with Gasteiger partial charge in [0.25, 0.3) is 5.91 Å². The van der Waals surface area contributed by atoms with E-state index in [0.29, 0.717) is 36.0 Å². The summed E-state index contributed by atoms with van der Waals surface area (Å²) in [5.41, 5.74) is 0.835. The van der Waals surface area contributed by atoms with Gasteiger partial charge in [0.05, 0.1) is 29.8 Å². The number of hydrogen-bond donors (Lipinski definition) is 3. The molecule has 1 fully saturated rings. The van der Waals surface area contributed by atoms with E-state index in [2.05, 4.69) is 16.0 Å². The fraction of sp³-hybridized carbons (Fsp3) is 0.333. The molecule has 1 aromatic carbocycles. The monoisotopic (exact) mass is 429 g/mol. The standard InChI is InChI=1S/C18H20ClN3O3S.ClH/c1-11-16(20-6-7-25-11)18(24)22-12-4-5-15(19)14(9-12)17(23)21-10-13-3-2-8-26-13;/h2-5,8-9,11,16,20H,6-7,10H2,1H3,(H,21,23)(H,22,24);1H/t11-,16+;/m1./s1. The molecule has 1 aliphatic rings. The summed E-state index contributed by atoms with van der Waals surface area (Å²) >= 11 is 7.73. The van der Waals surface area contributed by atoms with Crippen LogP contribution in [0, 0.1) is 0 Å². The Bertz CT molecular complexity index is 786. The van der Waals surface area contributed by atoms with Gasteiger partial charge < -0.3 is 20.7 Å². The van der Waals surface area contributed by atoms with Crippen LogP contribution in [0.15, 0.2) is 35.7 Å². The lowest BCUT2D eigenvalue weighted by Crippen LogP contribution is -2.53. The summed E-state index contributed by atoms with van der Waals surface area (Å²) in [6.45, 7) is 3.49. The maximum Gasteiger partial charge on any atom is 0.253 e. The van der Waals surface area contributed by atoms with Gasteiger partial charge in [-0.1, -0.05) is 17.7 Å². The Morgan fingerprint density at radius 2 is 2.19 bits per heavy atom. The van der Waals surface area contributed by atoms with E-state index in [0.717, 1.165) is 4.88 Å². The maximum atomic E-state index is 12.4. The van der Waals surface area contributed by atoms with Gasteiger partial charge in [0.1, 0.15) is 6.04 Å². The number of rotatable bonds is 5. The highest BCUT2D eigenvalue weighted by molar-refractivity contribution is 7.09. The van der Waals surface area contributed by atoms with Gasteiger partial charge in [0.15, 0.2) is 0 Å². The molecule has 0 unspecified atom stereocenters. The normalized spacial score (nSPS) is 19.0. The first kappa shape index (κ1) is 21.7. The van der Waals surface area contributed by atoms with Crippen molar-refractivity contribution in [2.45, 2.75) is 25.6 Å². The molecule has 0 spiro atoms. The molecule has 3 rings (SSSR count). The number of halogens is 2. The molecule has 27 heavy (non-hydrogen) atoms. The Labute approximate surface area is 173 Å². The lowest BCUT2D eigenvalue weighted by atomic mass is 10.1. The molecule has 3 N–H and O–H groups in total. The van der Waals surface area contributed by atoms with Crippen LogP contribution in [0.25, 0.3) is 0 Å². The van der Waals surface area contributed by atoms with Crippen molar-refractivity contribution < 1.29 is 14.3 Å². The van der Waals surface area contributed by atoms with E-state index in [1.165, 1.54) is 0 Å². The third-order valence-electron chi connectivity index (χ3n) is 4.08. The van der Waals surface area contributed by atoms with Crippen molar-refractivity contribution in [2.24, 2.45) is 0 Å². The van der Waals surface area contributed by atoms with E-state index in [-0.39, 0.29) is 30.3 Å². The predicted molar refractivity (Wildman–Crippen MR) is 110 cm³/mol. The van der Waals surface area contributed by atoms with Crippen molar-refractivity contribution >= 4 is 52.8 Å². The molecule has 0 radical (unpaired) electrons. The summed E-state index contributed by atoms with van der Waals surface area (Å²) in [6, 6.07) is 8.30. The Morgan fingerprint density at radius 3 is 2.89 bits per heavy atom. The molecule has 1 aromatic heterocycles. The minimum Gasteiger partial charge on any atom is -0.375 e. The highest BCUT2D eigenvalue weighted by Gasteiger charge is 2.28. The second kappa shape index (κ2) is 10.1. The number of carbonyl (C=O) groups excluding carboxylic acids is 2. The summed E-state index contributed by atoms with van der Waals surface area (Å²) in [6.07, 6.45) is -0.218. The third-order valence-corrected chi connectivity index (χ3v) is 5.29. The predicted octanol–water partition coefficient (Wildman–Crippen LogP) is 3.07. The fourth-order valence-corrected chi connectivity index (χ4v) is 3.55. The van der Waals surface area contributed by atoms with Crippen LogP contribution in [0.3, 0.4) is 0 Å². The number of amides is 2. The van der Waals surface area contributed by atoms with Crippen molar-refractivity contribution in [1.82, 2.24) is 10.6 Å². The van der Waals surface area contributed by atoms with Gasteiger partial charge in [-0.05, 0) is 36.6 Å². The SMILES string of the molecule is C[C@H]1OCCN[C@@H]1C(=O)Nc1ccc(Cl)c(C(=O)NCc2cccs2)c1.Cl. The van der Waals surface area contributed by atoms with Crippen LogP contribution in [0.2, 0.25) is 5.02 Å². The van der Waals surface area contributed by atoms with Crippen molar-refractivity contribution in [3.63, 3.8) is 0 Å². The average Bonchev–Trinajstić information content (AvgIpc) is 3.15. The smallest absolute Gasteiger partial charge is 0.253 e. The topological polar surface area (TPSA) is 79.5 Å². The second-order valence-corrected chi connectivity index (χ2v) is 7.39. The zero-order valence-electron chi connectivity index (χ0n) is 14.7. The quantitative estimate of drug-likeness (QED) is 0.682. The molecule has 1 aliphatic heterocycles. The van der Waals surface area contributed by atoms with Gasteiger partial charge in [-0.15, -0.1) is 23.7 Å². The van der Waals surface area contributed by atoms with E-state index < -0.39 is 6.04 Å². The number of ether oxygens (including phenoxy) is 1. The van der Waals surface area contributed by atoms with Gasteiger partial charge in [-0.25, -0.2) is 0 Å². The van der Waals surface area contributed by atoms with Crippen molar-refractivity contribution in [1.29, 1.82) is 0 Å². The molecule has 0 aliphatic carbocycles. The number of nitrogens with one attached hydrogen (secondary N) is 3. The Kier molecular flexibility index (Phi) is 8.07. The zero-order chi connectivity index (χ0) is 18.5. The molecular weight excluding hydrogens is 409 g/mol. The van der Waals surface area contributed by atoms with Gasteiger partial charge in [-0.3, -0.25) is 9.59 Å². The molecule has 2 heterocycles. The molecule has 6 nitrogen and oxygen atoms in total. The van der Waals surface area contributed by atoms with Crippen LogP contribution in [0.5, 0.6) is 0 Å². The van der Waals surface area contributed by atoms with Crippen LogP contribution in [-0.4, -0.2) is 37.1 Å². The van der Waals surface area contributed by atoms with Crippen molar-refractivity contribution in [3.8, 4) is 0 Å². The summed E-state index contributed by atoms with van der Waals surface area (Å²) < 4.78 is 5.49. The summed E-state index contributed by atoms with van der Waals surface area (Å²) in [5, 5.41) is 11.1. The number of morpholine rings is 1. The van der Waals surface area contributed by atoms with Gasteiger partial charge >= 0.3 is 0 Å². The fourth-order valence-electron chi connectivity index (χ4n) is 2.70. The largest absolute Gasteiger partial charge is 0.375 e. The minimum absolute atomic E-state index is 0. The first-order valence-electron chi connectivity index (χ1n) is 8.30. The minimum atomic E-state index is -0.435. The highest BCUT2D eigenvalue weighted by Crippen LogP contribution is 2.21.